The van der Waals surface area contributed by atoms with Gasteiger partial charge in [0.1, 0.15) is 11.3 Å². The quantitative estimate of drug-likeness (QED) is 0.171. The minimum Gasteiger partial charge on any atom is -0.479 e. The highest BCUT2D eigenvalue weighted by molar-refractivity contribution is 6.30. The first kappa shape index (κ1) is 34.4. The average Bonchev–Trinajstić information content (AvgIpc) is 3.81. The van der Waals surface area contributed by atoms with Gasteiger partial charge in [-0.25, -0.2) is 9.78 Å². The van der Waals surface area contributed by atoms with Gasteiger partial charge < -0.3 is 19.2 Å². The first-order chi connectivity index (χ1) is 23.8. The lowest BCUT2D eigenvalue weighted by Crippen LogP contribution is -2.40. The zero-order valence-corrected chi connectivity index (χ0v) is 30.4. The van der Waals surface area contributed by atoms with Crippen molar-refractivity contribution in [2.24, 2.45) is 13.0 Å². The van der Waals surface area contributed by atoms with Crippen LogP contribution in [0.1, 0.15) is 88.6 Å². The van der Waals surface area contributed by atoms with Gasteiger partial charge in [-0.2, -0.15) is 5.10 Å². The van der Waals surface area contributed by atoms with E-state index in [0.717, 1.165) is 78.5 Å². The number of ether oxygens (including phenoxy) is 1. The van der Waals surface area contributed by atoms with Crippen molar-refractivity contribution >= 4 is 45.4 Å². The highest BCUT2D eigenvalue weighted by Gasteiger charge is 2.35. The van der Waals surface area contributed by atoms with Crippen molar-refractivity contribution < 1.29 is 23.8 Å². The second-order valence-corrected chi connectivity index (χ2v) is 15.6. The van der Waals surface area contributed by atoms with Gasteiger partial charge in [0.25, 0.3) is 0 Å². The molecular formula is C40H45ClN4O5. The number of Topliss-reactive ketones (excluding diaryl/α,β-unsaturated/α-hetero) is 1. The minimum absolute atomic E-state index is 0.218. The second kappa shape index (κ2) is 13.2. The number of aromatic nitrogens is 3. The zero-order valence-electron chi connectivity index (χ0n) is 29.6. The molecular weight excluding hydrogens is 652 g/mol. The van der Waals surface area contributed by atoms with Crippen LogP contribution in [0.4, 0.5) is 0 Å². The van der Waals surface area contributed by atoms with Crippen molar-refractivity contribution in [3.05, 3.63) is 70.4 Å². The summed E-state index contributed by atoms with van der Waals surface area (Å²) < 4.78 is 14.7. The van der Waals surface area contributed by atoms with E-state index in [4.69, 9.17) is 30.8 Å². The topological polar surface area (TPSA) is 111 Å². The van der Waals surface area contributed by atoms with Crippen LogP contribution in [0.5, 0.6) is 0 Å². The molecule has 2 aliphatic rings. The molecule has 0 bridgehead atoms. The van der Waals surface area contributed by atoms with Gasteiger partial charge in [0, 0.05) is 52.0 Å². The second-order valence-electron chi connectivity index (χ2n) is 15.1. The maximum atomic E-state index is 12.7. The van der Waals surface area contributed by atoms with Crippen molar-refractivity contribution in [3.63, 3.8) is 0 Å². The van der Waals surface area contributed by atoms with Gasteiger partial charge in [-0.05, 0) is 127 Å². The molecule has 5 aromatic rings. The Bertz CT molecular complexity index is 2090. The number of carbonyl (C=O) groups excluding carboxylic acids is 1. The van der Waals surface area contributed by atoms with Gasteiger partial charge in [0.05, 0.1) is 16.8 Å². The zero-order chi connectivity index (χ0) is 35.5. The highest BCUT2D eigenvalue weighted by Crippen LogP contribution is 2.43. The number of benzene rings is 3. The van der Waals surface area contributed by atoms with Gasteiger partial charge in [-0.1, -0.05) is 23.7 Å². The Kier molecular flexibility index (Phi) is 9.12. The van der Waals surface area contributed by atoms with Crippen LogP contribution < -0.4 is 0 Å². The molecule has 3 atom stereocenters. The van der Waals surface area contributed by atoms with Gasteiger partial charge in [-0.15, -0.1) is 0 Å². The molecule has 2 aromatic heterocycles. The molecule has 0 spiro atoms. The number of aliphatic carboxylic acids is 1. The largest absolute Gasteiger partial charge is 0.479 e. The van der Waals surface area contributed by atoms with Gasteiger partial charge in [0.2, 0.25) is 5.89 Å². The predicted molar refractivity (Wildman–Crippen MR) is 195 cm³/mol. The Hall–Kier alpha value is -4.05. The Balaban J connectivity index is 1.26. The standard InChI is InChI=1S/C40H45ClN4O5/c1-22-19-31-36(34(24-7-11-28(41)12-8-24)33(22)37(39(47)48)50-40(3,4)5)49-38(42-31)27-10-14-32-30(21-27)35(43-44(32)6)25-15-17-45(18-16-25)29-13-9-26(20-29)23(2)46/h7-8,10-12,14,19,21,25-26,29,37H,9,13,15-18,20H2,1-6H3,(H,47,48)/t26?,29?,37-/m0/s1. The molecule has 0 amide bonds. The van der Waals surface area contributed by atoms with Gasteiger partial charge >= 0.3 is 5.97 Å². The van der Waals surface area contributed by atoms with E-state index in [1.807, 2.05) is 63.7 Å². The number of oxazole rings is 1. The number of aryl methyl sites for hydroxylation is 2. The van der Waals surface area contributed by atoms with Gasteiger partial charge in [0.15, 0.2) is 11.7 Å². The van der Waals surface area contributed by atoms with Crippen LogP contribution in [-0.2, 0) is 21.4 Å². The number of piperidine rings is 1. The summed E-state index contributed by atoms with van der Waals surface area (Å²) in [6.45, 7) is 11.2. The van der Waals surface area contributed by atoms with Crippen LogP contribution in [0.3, 0.4) is 0 Å². The van der Waals surface area contributed by atoms with E-state index in [-0.39, 0.29) is 5.92 Å². The summed E-state index contributed by atoms with van der Waals surface area (Å²) in [7, 11) is 1.99. The normalized spacial score (nSPS) is 19.8. The first-order valence-corrected chi connectivity index (χ1v) is 18.0. The van der Waals surface area contributed by atoms with Crippen LogP contribution >= 0.6 is 11.6 Å². The van der Waals surface area contributed by atoms with Gasteiger partial charge in [-0.3, -0.25) is 9.48 Å². The smallest absolute Gasteiger partial charge is 0.337 e. The molecule has 262 valence electrons. The lowest BCUT2D eigenvalue weighted by molar-refractivity contribution is -0.160. The number of ketones is 1. The molecule has 0 radical (unpaired) electrons. The number of rotatable bonds is 8. The summed E-state index contributed by atoms with van der Waals surface area (Å²) in [5, 5.41) is 17.1. The lowest BCUT2D eigenvalue weighted by Gasteiger charge is -2.35. The summed E-state index contributed by atoms with van der Waals surface area (Å²) >= 11 is 6.27. The third-order valence-corrected chi connectivity index (χ3v) is 10.8. The minimum atomic E-state index is -1.23. The lowest BCUT2D eigenvalue weighted by atomic mass is 9.90. The van der Waals surface area contributed by atoms with Crippen molar-refractivity contribution in [1.82, 2.24) is 19.7 Å². The van der Waals surface area contributed by atoms with Crippen LogP contribution in [0.25, 0.3) is 44.6 Å². The van der Waals surface area contributed by atoms with Crippen LogP contribution in [-0.4, -0.2) is 61.3 Å². The molecule has 1 aliphatic heterocycles. The average molecular weight is 697 g/mol. The number of carboxylic acids is 1. The van der Waals surface area contributed by atoms with Crippen LogP contribution in [0.15, 0.2) is 52.9 Å². The number of halogens is 1. The molecule has 3 heterocycles. The van der Waals surface area contributed by atoms with E-state index < -0.39 is 17.7 Å². The number of hydrogen-bond donors (Lipinski definition) is 1. The van der Waals surface area contributed by atoms with E-state index in [1.165, 1.54) is 0 Å². The molecule has 2 fully saturated rings. The van der Waals surface area contributed by atoms with Crippen molar-refractivity contribution in [3.8, 4) is 22.6 Å². The summed E-state index contributed by atoms with van der Waals surface area (Å²) in [6, 6.07) is 15.9. The number of carbonyl (C=O) groups is 2. The molecule has 1 N–H and O–H groups in total. The predicted octanol–water partition coefficient (Wildman–Crippen LogP) is 8.89. The maximum absolute atomic E-state index is 12.7. The van der Waals surface area contributed by atoms with Crippen molar-refractivity contribution in [1.29, 1.82) is 0 Å². The number of nitrogens with zero attached hydrogens (tertiary/aromatic N) is 4. The van der Waals surface area contributed by atoms with Crippen LogP contribution in [0, 0.1) is 12.8 Å². The number of fused-ring (bicyclic) bond motifs is 2. The number of likely N-dealkylation sites (tertiary alicyclic amines) is 1. The highest BCUT2D eigenvalue weighted by atomic mass is 35.5. The van der Waals surface area contributed by atoms with E-state index in [9.17, 15) is 14.7 Å². The number of hydrogen-bond acceptors (Lipinski definition) is 7. The molecule has 10 heteroatoms. The molecule has 7 rings (SSSR count). The molecule has 1 saturated heterocycles. The molecule has 50 heavy (non-hydrogen) atoms. The van der Waals surface area contributed by atoms with Crippen LogP contribution in [0.2, 0.25) is 5.02 Å². The van der Waals surface area contributed by atoms with E-state index in [0.29, 0.717) is 50.9 Å². The molecule has 1 aliphatic carbocycles. The Morgan fingerprint density at radius 3 is 2.36 bits per heavy atom. The van der Waals surface area contributed by atoms with E-state index >= 15 is 0 Å². The number of carboxylic acid groups (broad SMARTS) is 1. The third kappa shape index (κ3) is 6.59. The monoisotopic (exact) mass is 696 g/mol. The SMILES string of the molecule is CC(=O)C1CCC(N2CCC(c3nn(C)c4ccc(-c5nc6cc(C)c([C@H](OC(C)(C)C)C(=O)O)c(-c7ccc(Cl)cc7)c6o5)cc34)CC2)C1. The first-order valence-electron chi connectivity index (χ1n) is 17.6. The van der Waals surface area contributed by atoms with E-state index in [2.05, 4.69) is 17.0 Å². The molecule has 2 unspecified atom stereocenters. The fourth-order valence-electron chi connectivity index (χ4n) is 8.09. The Morgan fingerprint density at radius 1 is 1.02 bits per heavy atom. The summed E-state index contributed by atoms with van der Waals surface area (Å²) in [6.07, 6.45) is 3.92. The van der Waals surface area contributed by atoms with Crippen molar-refractivity contribution in [2.45, 2.75) is 90.4 Å². The third-order valence-electron chi connectivity index (χ3n) is 10.6. The molecule has 9 nitrogen and oxygen atoms in total. The summed E-state index contributed by atoms with van der Waals surface area (Å²) in [5.41, 5.74) is 6.02. The Labute approximate surface area is 297 Å². The summed E-state index contributed by atoms with van der Waals surface area (Å²) in [5.74, 6) is 0.240. The summed E-state index contributed by atoms with van der Waals surface area (Å²) in [4.78, 5) is 32.2. The van der Waals surface area contributed by atoms with Crippen molar-refractivity contribution in [2.75, 3.05) is 13.1 Å². The Morgan fingerprint density at radius 2 is 1.72 bits per heavy atom. The molecule has 3 aromatic carbocycles. The maximum Gasteiger partial charge on any atom is 0.337 e. The molecule has 1 saturated carbocycles. The fraction of sp³-hybridized carbons (Fsp3) is 0.450. The fourth-order valence-corrected chi connectivity index (χ4v) is 8.21. The van der Waals surface area contributed by atoms with E-state index in [1.54, 1.807) is 19.1 Å².